The molecule has 0 amide bonds. The summed E-state index contributed by atoms with van der Waals surface area (Å²) in [5, 5.41) is 0.985. The van der Waals surface area contributed by atoms with Gasteiger partial charge in [-0.1, -0.05) is 35.7 Å². The van der Waals surface area contributed by atoms with Gasteiger partial charge in [0.25, 0.3) is 0 Å². The third kappa shape index (κ3) is 2.76. The van der Waals surface area contributed by atoms with Crippen molar-refractivity contribution >= 4 is 15.9 Å². The van der Waals surface area contributed by atoms with Gasteiger partial charge in [-0.15, -0.1) is 0 Å². The van der Waals surface area contributed by atoms with Crippen molar-refractivity contribution < 1.29 is 4.74 Å². The quantitative estimate of drug-likeness (QED) is 0.688. The summed E-state index contributed by atoms with van der Waals surface area (Å²) in [6.07, 6.45) is 8.69. The summed E-state index contributed by atoms with van der Waals surface area (Å²) in [5.74, 6) is 1.76. The van der Waals surface area contributed by atoms with Gasteiger partial charge >= 0.3 is 0 Å². The van der Waals surface area contributed by atoms with E-state index < -0.39 is 0 Å². The molecule has 15 heavy (non-hydrogen) atoms. The van der Waals surface area contributed by atoms with Crippen molar-refractivity contribution in [2.24, 2.45) is 11.8 Å². The first-order chi connectivity index (χ1) is 7.13. The maximum absolute atomic E-state index is 6.24. The average molecular weight is 275 g/mol. The molecule has 2 fully saturated rings. The second kappa shape index (κ2) is 4.75. The molecule has 0 spiro atoms. The van der Waals surface area contributed by atoms with Crippen LogP contribution in [0.5, 0.6) is 0 Å². The number of alkyl halides is 1. The lowest BCUT2D eigenvalue weighted by Gasteiger charge is -2.32. The Labute approximate surface area is 102 Å². The Balaban J connectivity index is 1.90. The van der Waals surface area contributed by atoms with Gasteiger partial charge in [-0.3, -0.25) is 0 Å². The van der Waals surface area contributed by atoms with E-state index in [-0.39, 0.29) is 5.60 Å². The third-order valence-electron chi connectivity index (χ3n) is 4.18. The molecule has 0 radical (unpaired) electrons. The maximum Gasteiger partial charge on any atom is 0.0755 e. The van der Waals surface area contributed by atoms with Crippen molar-refractivity contribution in [1.29, 1.82) is 0 Å². The number of hydrogen-bond donors (Lipinski definition) is 0. The van der Waals surface area contributed by atoms with E-state index in [1.54, 1.807) is 0 Å². The molecule has 0 bridgehead atoms. The van der Waals surface area contributed by atoms with E-state index in [1.165, 1.54) is 38.5 Å². The standard InChI is InChI=1S/C13H23BrO/c1-10-4-3-5-11(8-10)12-6-7-13(2,9-14)15-12/h10-12H,3-9H2,1-2H3. The van der Waals surface area contributed by atoms with Crippen molar-refractivity contribution in [3.8, 4) is 0 Å². The lowest BCUT2D eigenvalue weighted by Crippen LogP contribution is -2.31. The highest BCUT2D eigenvalue weighted by Gasteiger charge is 2.39. The fourth-order valence-corrected chi connectivity index (χ4v) is 3.59. The average Bonchev–Trinajstić information content (AvgIpc) is 2.62. The van der Waals surface area contributed by atoms with E-state index in [0.29, 0.717) is 6.10 Å². The molecule has 1 saturated carbocycles. The highest BCUT2D eigenvalue weighted by atomic mass is 79.9. The minimum atomic E-state index is 0.116. The molecule has 1 aliphatic carbocycles. The normalized spacial score (nSPS) is 47.0. The summed E-state index contributed by atoms with van der Waals surface area (Å²) in [4.78, 5) is 0. The molecule has 0 aromatic carbocycles. The van der Waals surface area contributed by atoms with Gasteiger partial charge in [0.15, 0.2) is 0 Å². The van der Waals surface area contributed by atoms with E-state index >= 15 is 0 Å². The molecule has 2 heteroatoms. The molecular formula is C13H23BrO. The van der Waals surface area contributed by atoms with Crippen molar-refractivity contribution in [2.75, 3.05) is 5.33 Å². The largest absolute Gasteiger partial charge is 0.371 e. The van der Waals surface area contributed by atoms with Gasteiger partial charge in [-0.2, -0.15) is 0 Å². The van der Waals surface area contributed by atoms with Crippen molar-refractivity contribution in [1.82, 2.24) is 0 Å². The van der Waals surface area contributed by atoms with E-state index in [1.807, 2.05) is 0 Å². The topological polar surface area (TPSA) is 9.23 Å². The number of ether oxygens (including phenoxy) is 1. The number of halogens is 1. The van der Waals surface area contributed by atoms with E-state index in [4.69, 9.17) is 4.74 Å². The molecule has 0 aromatic rings. The predicted molar refractivity (Wildman–Crippen MR) is 67.4 cm³/mol. The molecule has 1 aliphatic heterocycles. The summed E-state index contributed by atoms with van der Waals surface area (Å²) in [7, 11) is 0. The van der Waals surface area contributed by atoms with Crippen molar-refractivity contribution in [3.63, 3.8) is 0 Å². The molecule has 0 aromatic heterocycles. The lowest BCUT2D eigenvalue weighted by molar-refractivity contribution is -0.0475. The Hall–Kier alpha value is 0.440. The van der Waals surface area contributed by atoms with Crippen LogP contribution in [0, 0.1) is 11.8 Å². The third-order valence-corrected chi connectivity index (χ3v) is 5.37. The zero-order valence-corrected chi connectivity index (χ0v) is 11.6. The van der Waals surface area contributed by atoms with Crippen LogP contribution in [-0.2, 0) is 4.74 Å². The van der Waals surface area contributed by atoms with Crippen molar-refractivity contribution in [2.45, 2.75) is 64.1 Å². The summed E-state index contributed by atoms with van der Waals surface area (Å²) in [5.41, 5.74) is 0.116. The molecule has 1 saturated heterocycles. The molecule has 4 atom stereocenters. The zero-order chi connectivity index (χ0) is 10.9. The minimum Gasteiger partial charge on any atom is -0.371 e. The first kappa shape index (κ1) is 11.9. The van der Waals surface area contributed by atoms with Crippen LogP contribution < -0.4 is 0 Å². The van der Waals surface area contributed by atoms with Gasteiger partial charge in [0.2, 0.25) is 0 Å². The monoisotopic (exact) mass is 274 g/mol. The minimum absolute atomic E-state index is 0.116. The van der Waals surface area contributed by atoms with Gasteiger partial charge in [-0.25, -0.2) is 0 Å². The molecule has 2 aliphatic rings. The highest BCUT2D eigenvalue weighted by Crippen LogP contribution is 2.40. The van der Waals surface area contributed by atoms with E-state index in [0.717, 1.165) is 17.2 Å². The number of rotatable bonds is 2. The summed E-state index contributed by atoms with van der Waals surface area (Å²) in [6.45, 7) is 4.64. The van der Waals surface area contributed by atoms with E-state index in [2.05, 4.69) is 29.8 Å². The van der Waals surface area contributed by atoms with Gasteiger partial charge in [0, 0.05) is 5.33 Å². The van der Waals surface area contributed by atoms with Gasteiger partial charge in [-0.05, 0) is 44.4 Å². The molecular weight excluding hydrogens is 252 g/mol. The Kier molecular flexibility index (Phi) is 3.77. The van der Waals surface area contributed by atoms with Crippen LogP contribution in [0.4, 0.5) is 0 Å². The highest BCUT2D eigenvalue weighted by molar-refractivity contribution is 9.09. The van der Waals surface area contributed by atoms with Crippen LogP contribution in [0.3, 0.4) is 0 Å². The molecule has 88 valence electrons. The Morgan fingerprint density at radius 3 is 2.73 bits per heavy atom. The van der Waals surface area contributed by atoms with Crippen LogP contribution in [0.2, 0.25) is 0 Å². The second-order valence-corrected chi connectivity index (χ2v) is 6.37. The lowest BCUT2D eigenvalue weighted by atomic mass is 9.79. The summed E-state index contributed by atoms with van der Waals surface area (Å²) >= 11 is 3.57. The first-order valence-electron chi connectivity index (χ1n) is 6.37. The fourth-order valence-electron chi connectivity index (χ4n) is 3.18. The molecule has 4 unspecified atom stereocenters. The first-order valence-corrected chi connectivity index (χ1v) is 7.49. The van der Waals surface area contributed by atoms with Crippen LogP contribution >= 0.6 is 15.9 Å². The fraction of sp³-hybridized carbons (Fsp3) is 1.00. The number of hydrogen-bond acceptors (Lipinski definition) is 1. The van der Waals surface area contributed by atoms with E-state index in [9.17, 15) is 0 Å². The summed E-state index contributed by atoms with van der Waals surface area (Å²) in [6, 6.07) is 0. The van der Waals surface area contributed by atoms with Gasteiger partial charge in [0.1, 0.15) is 0 Å². The molecule has 0 N–H and O–H groups in total. The second-order valence-electron chi connectivity index (χ2n) is 5.81. The predicted octanol–water partition coefficient (Wildman–Crippen LogP) is 4.15. The molecule has 1 nitrogen and oxygen atoms in total. The van der Waals surface area contributed by atoms with Crippen LogP contribution in [0.15, 0.2) is 0 Å². The maximum atomic E-state index is 6.24. The molecule has 1 heterocycles. The van der Waals surface area contributed by atoms with Crippen molar-refractivity contribution in [3.05, 3.63) is 0 Å². The smallest absolute Gasteiger partial charge is 0.0755 e. The SMILES string of the molecule is CC1CCCC(C2CCC(C)(CBr)O2)C1. The molecule has 2 rings (SSSR count). The van der Waals surface area contributed by atoms with Gasteiger partial charge < -0.3 is 4.74 Å². The zero-order valence-electron chi connectivity index (χ0n) is 9.97. The Morgan fingerprint density at radius 1 is 1.33 bits per heavy atom. The van der Waals surface area contributed by atoms with Crippen LogP contribution in [0.1, 0.15) is 52.4 Å². The van der Waals surface area contributed by atoms with Crippen LogP contribution in [0.25, 0.3) is 0 Å². The van der Waals surface area contributed by atoms with Crippen LogP contribution in [-0.4, -0.2) is 17.0 Å². The summed E-state index contributed by atoms with van der Waals surface area (Å²) < 4.78 is 6.24. The Bertz CT molecular complexity index is 219. The Morgan fingerprint density at radius 2 is 2.13 bits per heavy atom. The van der Waals surface area contributed by atoms with Gasteiger partial charge in [0.05, 0.1) is 11.7 Å².